The van der Waals surface area contributed by atoms with Crippen LogP contribution in [0.2, 0.25) is 0 Å². The molecule has 9 heteroatoms. The second-order valence-electron chi connectivity index (χ2n) is 7.89. The normalized spacial score (nSPS) is 20.5. The van der Waals surface area contributed by atoms with E-state index in [4.69, 9.17) is 0 Å². The van der Waals surface area contributed by atoms with Gasteiger partial charge in [-0.2, -0.15) is 0 Å². The van der Waals surface area contributed by atoms with E-state index >= 15 is 0 Å². The molecule has 1 atom stereocenters. The standard InChI is InChI=1S/C21H25N5O3S/c1-4-5-10-16-23-24-20(30-16)22-19(29)21-12-11-17(27)26(21)15-9-7-6-8-14(15)18(28)25(21)13(2)3/h6-9,13H,4-5,10-12H2,1-3H3,(H,22,24,29)/t21-/m0/s1. The van der Waals surface area contributed by atoms with Gasteiger partial charge >= 0.3 is 0 Å². The molecule has 0 bridgehead atoms. The summed E-state index contributed by atoms with van der Waals surface area (Å²) >= 11 is 1.33. The van der Waals surface area contributed by atoms with Crippen molar-refractivity contribution in [1.82, 2.24) is 15.1 Å². The topological polar surface area (TPSA) is 95.5 Å². The molecule has 3 heterocycles. The Labute approximate surface area is 179 Å². The number of nitrogens with one attached hydrogen (secondary N) is 1. The predicted molar refractivity (Wildman–Crippen MR) is 114 cm³/mol. The first-order valence-electron chi connectivity index (χ1n) is 10.3. The molecule has 0 saturated carbocycles. The van der Waals surface area contributed by atoms with Gasteiger partial charge in [-0.1, -0.05) is 36.8 Å². The van der Waals surface area contributed by atoms with Gasteiger partial charge in [-0.15, -0.1) is 10.2 Å². The molecule has 0 unspecified atom stereocenters. The van der Waals surface area contributed by atoms with Crippen LogP contribution < -0.4 is 10.2 Å². The number of carbonyl (C=O) groups is 3. The number of unbranched alkanes of at least 4 members (excludes halogenated alkanes) is 1. The molecule has 0 aliphatic carbocycles. The Morgan fingerprint density at radius 3 is 2.77 bits per heavy atom. The fourth-order valence-corrected chi connectivity index (χ4v) is 5.11. The number of amides is 3. The highest BCUT2D eigenvalue weighted by Gasteiger charge is 2.61. The van der Waals surface area contributed by atoms with Crippen LogP contribution in [0.1, 0.15) is 61.8 Å². The van der Waals surface area contributed by atoms with Gasteiger partial charge in [-0.05, 0) is 32.4 Å². The van der Waals surface area contributed by atoms with Crippen molar-refractivity contribution in [1.29, 1.82) is 0 Å². The minimum Gasteiger partial charge on any atom is -0.304 e. The van der Waals surface area contributed by atoms with Gasteiger partial charge < -0.3 is 4.90 Å². The van der Waals surface area contributed by atoms with Gasteiger partial charge in [-0.25, -0.2) is 0 Å². The summed E-state index contributed by atoms with van der Waals surface area (Å²) in [6.45, 7) is 5.82. The van der Waals surface area contributed by atoms with E-state index in [1.807, 2.05) is 13.8 Å². The predicted octanol–water partition coefficient (Wildman–Crippen LogP) is 3.21. The average Bonchev–Trinajstić information content (AvgIpc) is 3.31. The molecule has 2 aliphatic heterocycles. The molecule has 1 N–H and O–H groups in total. The molecule has 0 spiro atoms. The zero-order valence-corrected chi connectivity index (χ0v) is 18.2. The van der Waals surface area contributed by atoms with E-state index in [1.54, 1.807) is 24.3 Å². The van der Waals surface area contributed by atoms with Crippen molar-refractivity contribution in [2.45, 2.75) is 64.6 Å². The number of rotatable bonds is 6. The van der Waals surface area contributed by atoms with Crippen LogP contribution >= 0.6 is 11.3 Å². The highest BCUT2D eigenvalue weighted by atomic mass is 32.1. The van der Waals surface area contributed by atoms with Gasteiger partial charge in [0.25, 0.3) is 11.8 Å². The van der Waals surface area contributed by atoms with Crippen LogP contribution in [0.4, 0.5) is 10.8 Å². The largest absolute Gasteiger partial charge is 0.304 e. The molecule has 1 fully saturated rings. The Balaban J connectivity index is 1.75. The number of hydrogen-bond donors (Lipinski definition) is 1. The smallest absolute Gasteiger partial charge is 0.273 e. The highest BCUT2D eigenvalue weighted by Crippen LogP contribution is 2.45. The van der Waals surface area contributed by atoms with E-state index in [0.29, 0.717) is 16.4 Å². The van der Waals surface area contributed by atoms with Gasteiger partial charge in [-0.3, -0.25) is 24.6 Å². The number of aryl methyl sites for hydroxylation is 1. The maximum Gasteiger partial charge on any atom is 0.273 e. The lowest BCUT2D eigenvalue weighted by Crippen LogP contribution is -2.70. The summed E-state index contributed by atoms with van der Waals surface area (Å²) in [5, 5.41) is 12.3. The Hall–Kier alpha value is -2.81. The third kappa shape index (κ3) is 3.08. The van der Waals surface area contributed by atoms with Gasteiger partial charge in [0.1, 0.15) is 5.01 Å². The van der Waals surface area contributed by atoms with Crippen LogP contribution in [-0.4, -0.2) is 44.5 Å². The lowest BCUT2D eigenvalue weighted by Gasteiger charge is -2.50. The first kappa shape index (κ1) is 20.5. The molecule has 0 radical (unpaired) electrons. The Morgan fingerprint density at radius 1 is 1.27 bits per heavy atom. The number of aromatic nitrogens is 2. The van der Waals surface area contributed by atoms with Gasteiger partial charge in [0.2, 0.25) is 16.7 Å². The summed E-state index contributed by atoms with van der Waals surface area (Å²) in [6.07, 6.45) is 3.28. The number of carbonyl (C=O) groups excluding carboxylic acids is 3. The lowest BCUT2D eigenvalue weighted by atomic mass is 9.94. The SMILES string of the molecule is CCCCc1nnc(NC(=O)[C@]23CCC(=O)N2c2ccccc2C(=O)N3C(C)C)s1. The van der Waals surface area contributed by atoms with E-state index < -0.39 is 11.6 Å². The minimum atomic E-state index is -1.41. The first-order valence-corrected chi connectivity index (χ1v) is 11.1. The molecule has 158 valence electrons. The van der Waals surface area contributed by atoms with Crippen molar-refractivity contribution in [3.8, 4) is 0 Å². The van der Waals surface area contributed by atoms with Crippen molar-refractivity contribution in [2.75, 3.05) is 10.2 Å². The molecular formula is C21H25N5O3S. The van der Waals surface area contributed by atoms with E-state index in [0.717, 1.165) is 24.3 Å². The molecule has 30 heavy (non-hydrogen) atoms. The van der Waals surface area contributed by atoms with Crippen LogP contribution in [0, 0.1) is 0 Å². The third-order valence-corrected chi connectivity index (χ3v) is 6.51. The maximum atomic E-state index is 13.7. The minimum absolute atomic E-state index is 0.170. The quantitative estimate of drug-likeness (QED) is 0.764. The summed E-state index contributed by atoms with van der Waals surface area (Å²) < 4.78 is 0. The molecular weight excluding hydrogens is 402 g/mol. The van der Waals surface area contributed by atoms with Crippen LogP contribution in [0.25, 0.3) is 0 Å². The lowest BCUT2D eigenvalue weighted by molar-refractivity contribution is -0.129. The summed E-state index contributed by atoms with van der Waals surface area (Å²) in [4.78, 5) is 43.0. The summed E-state index contributed by atoms with van der Waals surface area (Å²) in [6, 6.07) is 6.69. The maximum absolute atomic E-state index is 13.7. The molecule has 3 amide bonds. The Morgan fingerprint density at radius 2 is 2.03 bits per heavy atom. The molecule has 1 aromatic heterocycles. The fourth-order valence-electron chi connectivity index (χ4n) is 4.34. The van der Waals surface area contributed by atoms with Crippen molar-refractivity contribution in [3.63, 3.8) is 0 Å². The number of nitrogens with zero attached hydrogens (tertiary/aromatic N) is 4. The third-order valence-electron chi connectivity index (χ3n) is 5.61. The number of para-hydroxylation sites is 1. The summed E-state index contributed by atoms with van der Waals surface area (Å²) in [7, 11) is 0. The van der Waals surface area contributed by atoms with Crippen LogP contribution in [0.3, 0.4) is 0 Å². The van der Waals surface area contributed by atoms with Crippen LogP contribution in [-0.2, 0) is 16.0 Å². The molecule has 8 nitrogen and oxygen atoms in total. The second-order valence-corrected chi connectivity index (χ2v) is 8.95. The molecule has 4 rings (SSSR count). The second kappa shape index (κ2) is 7.79. The Kier molecular flexibility index (Phi) is 5.31. The number of benzene rings is 1. The fraction of sp³-hybridized carbons (Fsp3) is 0.476. The zero-order valence-electron chi connectivity index (χ0n) is 17.3. The molecule has 1 saturated heterocycles. The van der Waals surface area contributed by atoms with Gasteiger partial charge in [0, 0.05) is 25.3 Å². The number of fused-ring (bicyclic) bond motifs is 3. The van der Waals surface area contributed by atoms with Crippen molar-refractivity contribution < 1.29 is 14.4 Å². The van der Waals surface area contributed by atoms with E-state index in [9.17, 15) is 14.4 Å². The summed E-state index contributed by atoms with van der Waals surface area (Å²) in [5.74, 6) is -0.845. The van der Waals surface area contributed by atoms with E-state index in [-0.39, 0.29) is 30.7 Å². The summed E-state index contributed by atoms with van der Waals surface area (Å²) in [5.41, 5.74) is -0.494. The van der Waals surface area contributed by atoms with Crippen molar-refractivity contribution in [2.24, 2.45) is 0 Å². The molecule has 2 aliphatic rings. The Bertz CT molecular complexity index is 1000. The van der Waals surface area contributed by atoms with E-state index in [1.165, 1.54) is 21.1 Å². The van der Waals surface area contributed by atoms with Crippen molar-refractivity contribution >= 4 is 39.9 Å². The first-order chi connectivity index (χ1) is 14.4. The molecule has 1 aromatic carbocycles. The highest BCUT2D eigenvalue weighted by molar-refractivity contribution is 7.15. The van der Waals surface area contributed by atoms with Crippen molar-refractivity contribution in [3.05, 3.63) is 34.8 Å². The number of anilines is 2. The molecule has 2 aromatic rings. The monoisotopic (exact) mass is 427 g/mol. The number of hydrogen-bond acceptors (Lipinski definition) is 6. The van der Waals surface area contributed by atoms with Gasteiger partial charge in [0.15, 0.2) is 0 Å². The van der Waals surface area contributed by atoms with E-state index in [2.05, 4.69) is 22.4 Å². The van der Waals surface area contributed by atoms with Crippen LogP contribution in [0.15, 0.2) is 24.3 Å². The zero-order chi connectivity index (χ0) is 21.5. The van der Waals surface area contributed by atoms with Gasteiger partial charge in [0.05, 0.1) is 11.3 Å². The average molecular weight is 428 g/mol. The van der Waals surface area contributed by atoms with Crippen LogP contribution in [0.5, 0.6) is 0 Å².